The summed E-state index contributed by atoms with van der Waals surface area (Å²) in [5.74, 6) is -1.88. The van der Waals surface area contributed by atoms with Gasteiger partial charge in [-0.2, -0.15) is 0 Å². The number of esters is 1. The van der Waals surface area contributed by atoms with Gasteiger partial charge in [-0.25, -0.2) is 9.18 Å². The van der Waals surface area contributed by atoms with Gasteiger partial charge in [0.2, 0.25) is 0 Å². The van der Waals surface area contributed by atoms with Gasteiger partial charge in [0.1, 0.15) is 5.82 Å². The first kappa shape index (κ1) is 18.6. The fraction of sp³-hybridized carbons (Fsp3) is 0.400. The van der Waals surface area contributed by atoms with Crippen LogP contribution in [0.5, 0.6) is 0 Å². The second kappa shape index (κ2) is 7.23. The van der Waals surface area contributed by atoms with Crippen LogP contribution in [0.2, 0.25) is 5.02 Å². The molecule has 0 saturated heterocycles. The molecule has 0 bridgehead atoms. The molecule has 2 aliphatic rings. The zero-order chi connectivity index (χ0) is 19.0. The lowest BCUT2D eigenvalue weighted by Gasteiger charge is -2.29. The van der Waals surface area contributed by atoms with Gasteiger partial charge in [0.25, 0.3) is 0 Å². The van der Waals surface area contributed by atoms with Crippen molar-refractivity contribution < 1.29 is 18.7 Å². The van der Waals surface area contributed by atoms with E-state index in [9.17, 15) is 14.0 Å². The molecule has 26 heavy (non-hydrogen) atoms. The first-order valence-electron chi connectivity index (χ1n) is 8.66. The van der Waals surface area contributed by atoms with Crippen LogP contribution in [0.25, 0.3) is 0 Å². The highest BCUT2D eigenvalue weighted by Crippen LogP contribution is 2.44. The number of ketones is 1. The fourth-order valence-corrected chi connectivity index (χ4v) is 3.62. The van der Waals surface area contributed by atoms with Gasteiger partial charge in [-0.1, -0.05) is 37.6 Å². The number of benzene rings is 1. The first-order chi connectivity index (χ1) is 12.3. The van der Waals surface area contributed by atoms with Gasteiger partial charge in [-0.3, -0.25) is 4.79 Å². The first-order valence-corrected chi connectivity index (χ1v) is 9.04. The van der Waals surface area contributed by atoms with E-state index in [2.05, 4.69) is 5.32 Å². The third kappa shape index (κ3) is 3.28. The standard InChI is InChI=1S/C20H21ClFNO3/c1-10(2)9-26-20(25)16-11(3)23-14-7-8-15(24)18(14)17(16)12-5-4-6-13(21)19(12)22/h4-6,10,17,23H,7-9H2,1-3H3. The normalized spacial score (nSPS) is 19.8. The van der Waals surface area contributed by atoms with E-state index in [1.807, 2.05) is 13.8 Å². The number of hydrogen-bond acceptors (Lipinski definition) is 4. The van der Waals surface area contributed by atoms with Gasteiger partial charge in [-0.15, -0.1) is 0 Å². The summed E-state index contributed by atoms with van der Waals surface area (Å²) >= 11 is 5.95. The Morgan fingerprint density at radius 2 is 2.12 bits per heavy atom. The van der Waals surface area contributed by atoms with Crippen molar-refractivity contribution >= 4 is 23.4 Å². The lowest BCUT2D eigenvalue weighted by Crippen LogP contribution is -2.30. The molecule has 6 heteroatoms. The molecule has 1 heterocycles. The Kier molecular flexibility index (Phi) is 5.19. The van der Waals surface area contributed by atoms with Crippen LogP contribution in [0, 0.1) is 11.7 Å². The van der Waals surface area contributed by atoms with Crippen LogP contribution in [-0.2, 0) is 14.3 Å². The van der Waals surface area contributed by atoms with Gasteiger partial charge in [-0.05, 0) is 25.3 Å². The molecule has 0 radical (unpaired) electrons. The lowest BCUT2D eigenvalue weighted by atomic mass is 9.80. The number of dihydropyridines is 1. The van der Waals surface area contributed by atoms with Crippen LogP contribution in [0.3, 0.4) is 0 Å². The molecule has 0 amide bonds. The lowest BCUT2D eigenvalue weighted by molar-refractivity contribution is -0.140. The van der Waals surface area contributed by atoms with Crippen LogP contribution in [0.4, 0.5) is 4.39 Å². The number of Topliss-reactive ketones (excluding diaryl/α,β-unsaturated/α-hetero) is 1. The minimum Gasteiger partial charge on any atom is -0.462 e. The molecule has 1 N–H and O–H groups in total. The zero-order valence-corrected chi connectivity index (χ0v) is 15.7. The van der Waals surface area contributed by atoms with Gasteiger partial charge >= 0.3 is 5.97 Å². The van der Waals surface area contributed by atoms with Crippen molar-refractivity contribution in [2.75, 3.05) is 6.61 Å². The quantitative estimate of drug-likeness (QED) is 0.797. The van der Waals surface area contributed by atoms with E-state index in [1.54, 1.807) is 19.1 Å². The number of rotatable bonds is 4. The summed E-state index contributed by atoms with van der Waals surface area (Å²) in [7, 11) is 0. The van der Waals surface area contributed by atoms with Gasteiger partial charge in [0, 0.05) is 29.0 Å². The molecule has 0 aromatic heterocycles. The number of halogens is 2. The topological polar surface area (TPSA) is 55.4 Å². The van der Waals surface area contributed by atoms with Crippen molar-refractivity contribution in [1.29, 1.82) is 0 Å². The van der Waals surface area contributed by atoms with E-state index in [0.29, 0.717) is 24.1 Å². The van der Waals surface area contributed by atoms with Gasteiger partial charge in [0.05, 0.1) is 23.1 Å². The van der Waals surface area contributed by atoms with E-state index < -0.39 is 17.7 Å². The maximum atomic E-state index is 14.8. The minimum atomic E-state index is -0.806. The highest BCUT2D eigenvalue weighted by molar-refractivity contribution is 6.30. The van der Waals surface area contributed by atoms with Crippen molar-refractivity contribution in [2.24, 2.45) is 5.92 Å². The summed E-state index contributed by atoms with van der Waals surface area (Å²) in [6.07, 6.45) is 0.899. The number of ether oxygens (including phenoxy) is 1. The largest absolute Gasteiger partial charge is 0.462 e. The van der Waals surface area contributed by atoms with E-state index >= 15 is 0 Å². The van der Waals surface area contributed by atoms with Crippen LogP contribution in [0.1, 0.15) is 45.1 Å². The molecular formula is C20H21ClFNO3. The Morgan fingerprint density at radius 3 is 2.81 bits per heavy atom. The second-order valence-electron chi connectivity index (χ2n) is 7.05. The third-order valence-corrected chi connectivity index (χ3v) is 4.90. The molecule has 1 aliphatic carbocycles. The number of allylic oxidation sites excluding steroid dienone is 3. The summed E-state index contributed by atoms with van der Waals surface area (Å²) in [4.78, 5) is 25.3. The molecule has 1 aromatic carbocycles. The third-order valence-electron chi connectivity index (χ3n) is 4.61. The average Bonchev–Trinajstić information content (AvgIpc) is 2.95. The molecule has 0 fully saturated rings. The zero-order valence-electron chi connectivity index (χ0n) is 15.0. The Labute approximate surface area is 157 Å². The molecule has 1 unspecified atom stereocenters. The van der Waals surface area contributed by atoms with E-state index in [0.717, 1.165) is 5.70 Å². The van der Waals surface area contributed by atoms with Crippen molar-refractivity contribution in [2.45, 2.75) is 39.5 Å². The maximum absolute atomic E-state index is 14.8. The Morgan fingerprint density at radius 1 is 1.38 bits per heavy atom. The molecule has 4 nitrogen and oxygen atoms in total. The Bertz CT molecular complexity index is 841. The molecule has 1 aliphatic heterocycles. The SMILES string of the molecule is CC1=C(C(=O)OCC(C)C)C(c2cccc(Cl)c2F)C2=C(CCC2=O)N1. The predicted molar refractivity (Wildman–Crippen MR) is 97.1 cm³/mol. The van der Waals surface area contributed by atoms with Crippen molar-refractivity contribution in [3.8, 4) is 0 Å². The van der Waals surface area contributed by atoms with Crippen molar-refractivity contribution in [3.63, 3.8) is 0 Å². The summed E-state index contributed by atoms with van der Waals surface area (Å²) in [6.45, 7) is 5.86. The molecule has 138 valence electrons. The highest BCUT2D eigenvalue weighted by atomic mass is 35.5. The minimum absolute atomic E-state index is 0.0406. The average molecular weight is 378 g/mol. The monoisotopic (exact) mass is 377 g/mol. The summed E-state index contributed by atoms with van der Waals surface area (Å²) in [5.41, 5.74) is 2.25. The summed E-state index contributed by atoms with van der Waals surface area (Å²) in [5, 5.41) is 3.10. The van der Waals surface area contributed by atoms with E-state index in [1.165, 1.54) is 6.07 Å². The number of carbonyl (C=O) groups is 2. The van der Waals surface area contributed by atoms with Gasteiger partial charge in [0.15, 0.2) is 5.78 Å². The molecule has 3 rings (SSSR count). The summed E-state index contributed by atoms with van der Waals surface area (Å²) < 4.78 is 20.2. The maximum Gasteiger partial charge on any atom is 0.336 e. The number of hydrogen-bond donors (Lipinski definition) is 1. The molecule has 0 saturated carbocycles. The van der Waals surface area contributed by atoms with E-state index in [4.69, 9.17) is 16.3 Å². The van der Waals surface area contributed by atoms with Crippen molar-refractivity contribution in [3.05, 3.63) is 57.1 Å². The number of carbonyl (C=O) groups excluding carboxylic acids is 2. The Balaban J connectivity index is 2.11. The summed E-state index contributed by atoms with van der Waals surface area (Å²) in [6, 6.07) is 4.63. The predicted octanol–water partition coefficient (Wildman–Crippen LogP) is 4.26. The van der Waals surface area contributed by atoms with Crippen molar-refractivity contribution in [1.82, 2.24) is 5.32 Å². The van der Waals surface area contributed by atoms with E-state index in [-0.39, 0.29) is 34.5 Å². The molecule has 1 aromatic rings. The fourth-order valence-electron chi connectivity index (χ4n) is 3.44. The van der Waals surface area contributed by atoms with Crippen LogP contribution in [-0.4, -0.2) is 18.4 Å². The van der Waals surface area contributed by atoms with Crippen LogP contribution in [0.15, 0.2) is 40.7 Å². The van der Waals surface area contributed by atoms with Crippen LogP contribution < -0.4 is 5.32 Å². The number of nitrogens with one attached hydrogen (secondary N) is 1. The Hall–Kier alpha value is -2.14. The molecule has 0 spiro atoms. The highest BCUT2D eigenvalue weighted by Gasteiger charge is 2.41. The molecular weight excluding hydrogens is 357 g/mol. The van der Waals surface area contributed by atoms with Gasteiger partial charge < -0.3 is 10.1 Å². The molecule has 1 atom stereocenters. The van der Waals surface area contributed by atoms with Crippen LogP contribution >= 0.6 is 11.6 Å². The second-order valence-corrected chi connectivity index (χ2v) is 7.45. The smallest absolute Gasteiger partial charge is 0.336 e.